The lowest BCUT2D eigenvalue weighted by atomic mass is 10.2. The SMILES string of the molecule is C[C@H](Oc1ccc(Cl)cc1Cl)C(=O)Nc1ccc([N+](=O)[O-])cc1Cl. The number of rotatable bonds is 5. The normalized spacial score (nSPS) is 11.7. The van der Waals surface area contributed by atoms with Crippen molar-refractivity contribution in [3.8, 4) is 5.75 Å². The summed E-state index contributed by atoms with van der Waals surface area (Å²) in [6, 6.07) is 8.37. The third-order valence-corrected chi connectivity index (χ3v) is 3.83. The summed E-state index contributed by atoms with van der Waals surface area (Å²) in [5, 5.41) is 14.0. The van der Waals surface area contributed by atoms with E-state index in [0.717, 1.165) is 6.07 Å². The number of nitro groups is 1. The Bertz CT molecular complexity index is 798. The summed E-state index contributed by atoms with van der Waals surface area (Å²) < 4.78 is 5.48. The molecule has 2 aromatic rings. The maximum atomic E-state index is 12.2. The van der Waals surface area contributed by atoms with Crippen LogP contribution in [0.2, 0.25) is 15.1 Å². The van der Waals surface area contributed by atoms with Crippen LogP contribution in [0.4, 0.5) is 11.4 Å². The summed E-state index contributed by atoms with van der Waals surface area (Å²) in [5.74, 6) is -0.185. The van der Waals surface area contributed by atoms with Crippen LogP contribution in [0.5, 0.6) is 5.75 Å². The summed E-state index contributed by atoms with van der Waals surface area (Å²) in [7, 11) is 0. The van der Waals surface area contributed by atoms with Gasteiger partial charge in [0.1, 0.15) is 5.75 Å². The number of non-ortho nitro benzene ring substituents is 1. The number of carbonyl (C=O) groups excluding carboxylic acids is 1. The van der Waals surface area contributed by atoms with Crippen molar-refractivity contribution in [3.05, 3.63) is 61.6 Å². The van der Waals surface area contributed by atoms with E-state index in [-0.39, 0.29) is 21.4 Å². The highest BCUT2D eigenvalue weighted by molar-refractivity contribution is 6.35. The first kappa shape index (κ1) is 18.3. The molecule has 0 aliphatic heterocycles. The first-order valence-corrected chi connectivity index (χ1v) is 7.78. The molecule has 1 amide bonds. The molecule has 9 heteroatoms. The van der Waals surface area contributed by atoms with Crippen LogP contribution in [0.1, 0.15) is 6.92 Å². The number of carbonyl (C=O) groups is 1. The van der Waals surface area contributed by atoms with Crippen LogP contribution < -0.4 is 10.1 Å². The van der Waals surface area contributed by atoms with Crippen LogP contribution in [0.15, 0.2) is 36.4 Å². The average molecular weight is 390 g/mol. The quantitative estimate of drug-likeness (QED) is 0.579. The second-order valence-electron chi connectivity index (χ2n) is 4.75. The van der Waals surface area contributed by atoms with Gasteiger partial charge in [-0.3, -0.25) is 14.9 Å². The van der Waals surface area contributed by atoms with Gasteiger partial charge in [0, 0.05) is 17.2 Å². The molecule has 1 atom stereocenters. The fraction of sp³-hybridized carbons (Fsp3) is 0.133. The molecule has 24 heavy (non-hydrogen) atoms. The lowest BCUT2D eigenvalue weighted by Crippen LogP contribution is -2.30. The predicted molar refractivity (Wildman–Crippen MR) is 93.3 cm³/mol. The molecule has 0 saturated heterocycles. The Labute approximate surface area is 152 Å². The molecule has 0 radical (unpaired) electrons. The van der Waals surface area contributed by atoms with Gasteiger partial charge in [-0.2, -0.15) is 0 Å². The highest BCUT2D eigenvalue weighted by atomic mass is 35.5. The van der Waals surface area contributed by atoms with Crippen molar-refractivity contribution in [1.82, 2.24) is 0 Å². The van der Waals surface area contributed by atoms with Crippen LogP contribution in [-0.4, -0.2) is 16.9 Å². The summed E-state index contributed by atoms with van der Waals surface area (Å²) in [5.41, 5.74) is 0.0696. The molecular formula is C15H11Cl3N2O4. The molecule has 0 aromatic heterocycles. The molecule has 0 spiro atoms. The second kappa shape index (κ2) is 7.70. The highest BCUT2D eigenvalue weighted by Gasteiger charge is 2.18. The topological polar surface area (TPSA) is 81.5 Å². The minimum Gasteiger partial charge on any atom is -0.479 e. The van der Waals surface area contributed by atoms with Crippen LogP contribution in [0.3, 0.4) is 0 Å². The van der Waals surface area contributed by atoms with E-state index in [1.807, 2.05) is 0 Å². The zero-order valence-corrected chi connectivity index (χ0v) is 14.5. The summed E-state index contributed by atoms with van der Waals surface area (Å²) >= 11 is 17.7. The highest BCUT2D eigenvalue weighted by Crippen LogP contribution is 2.29. The average Bonchev–Trinajstić information content (AvgIpc) is 2.51. The number of nitrogens with one attached hydrogen (secondary N) is 1. The van der Waals surface area contributed by atoms with E-state index < -0.39 is 16.9 Å². The van der Waals surface area contributed by atoms with Crippen molar-refractivity contribution in [2.45, 2.75) is 13.0 Å². The molecule has 1 N–H and O–H groups in total. The van der Waals surface area contributed by atoms with E-state index in [1.165, 1.54) is 25.1 Å². The molecule has 2 rings (SSSR count). The van der Waals surface area contributed by atoms with Crippen LogP contribution in [-0.2, 0) is 4.79 Å². The molecular weight excluding hydrogens is 379 g/mol. The fourth-order valence-corrected chi connectivity index (χ4v) is 2.44. The first-order valence-electron chi connectivity index (χ1n) is 6.64. The molecule has 0 unspecified atom stereocenters. The van der Waals surface area contributed by atoms with Gasteiger partial charge in [-0.1, -0.05) is 34.8 Å². The van der Waals surface area contributed by atoms with Gasteiger partial charge < -0.3 is 10.1 Å². The number of ether oxygens (including phenoxy) is 1. The van der Waals surface area contributed by atoms with Crippen LogP contribution in [0, 0.1) is 10.1 Å². The Morgan fingerprint density at radius 2 is 1.88 bits per heavy atom. The summed E-state index contributed by atoms with van der Waals surface area (Å²) in [4.78, 5) is 22.3. The number of amides is 1. The summed E-state index contributed by atoms with van der Waals surface area (Å²) in [6.07, 6.45) is -0.880. The second-order valence-corrected chi connectivity index (χ2v) is 6.00. The Morgan fingerprint density at radius 1 is 1.17 bits per heavy atom. The minimum absolute atomic E-state index is 0.0503. The maximum Gasteiger partial charge on any atom is 0.271 e. The van der Waals surface area contributed by atoms with E-state index in [2.05, 4.69) is 5.32 Å². The molecule has 0 heterocycles. The maximum absolute atomic E-state index is 12.2. The number of hydrogen-bond acceptors (Lipinski definition) is 4. The van der Waals surface area contributed by atoms with E-state index >= 15 is 0 Å². The molecule has 2 aromatic carbocycles. The Morgan fingerprint density at radius 3 is 2.46 bits per heavy atom. The first-order chi connectivity index (χ1) is 11.3. The zero-order valence-electron chi connectivity index (χ0n) is 12.3. The van der Waals surface area contributed by atoms with Gasteiger partial charge in [-0.05, 0) is 31.2 Å². The van der Waals surface area contributed by atoms with E-state index in [4.69, 9.17) is 39.5 Å². The number of halogens is 3. The third-order valence-electron chi connectivity index (χ3n) is 2.99. The molecule has 0 fully saturated rings. The van der Waals surface area contributed by atoms with Crippen LogP contribution in [0.25, 0.3) is 0 Å². The Balaban J connectivity index is 2.07. The molecule has 0 aliphatic rings. The predicted octanol–water partition coefficient (Wildman–Crippen LogP) is 4.96. The van der Waals surface area contributed by atoms with E-state index in [0.29, 0.717) is 10.8 Å². The van der Waals surface area contributed by atoms with Gasteiger partial charge in [0.2, 0.25) is 0 Å². The number of hydrogen-bond donors (Lipinski definition) is 1. The third kappa shape index (κ3) is 4.50. The molecule has 126 valence electrons. The van der Waals surface area contributed by atoms with Crippen molar-refractivity contribution < 1.29 is 14.5 Å². The Kier molecular flexibility index (Phi) is 5.88. The lowest BCUT2D eigenvalue weighted by molar-refractivity contribution is -0.384. The summed E-state index contributed by atoms with van der Waals surface area (Å²) in [6.45, 7) is 1.53. The minimum atomic E-state index is -0.880. The largest absolute Gasteiger partial charge is 0.479 e. The van der Waals surface area contributed by atoms with Crippen molar-refractivity contribution in [3.63, 3.8) is 0 Å². The molecule has 0 saturated carbocycles. The van der Waals surface area contributed by atoms with Crippen molar-refractivity contribution >= 4 is 52.1 Å². The van der Waals surface area contributed by atoms with Gasteiger partial charge in [0.15, 0.2) is 6.10 Å². The lowest BCUT2D eigenvalue weighted by Gasteiger charge is -2.16. The number of benzene rings is 2. The Hall–Kier alpha value is -2.02. The number of nitro benzene ring substituents is 1. The van der Waals surface area contributed by atoms with Gasteiger partial charge in [-0.15, -0.1) is 0 Å². The monoisotopic (exact) mass is 388 g/mol. The van der Waals surface area contributed by atoms with Crippen LogP contribution >= 0.6 is 34.8 Å². The van der Waals surface area contributed by atoms with Crippen molar-refractivity contribution in [2.75, 3.05) is 5.32 Å². The molecule has 0 bridgehead atoms. The van der Waals surface area contributed by atoms with Crippen molar-refractivity contribution in [1.29, 1.82) is 0 Å². The standard InChI is InChI=1S/C15H11Cl3N2O4/c1-8(24-14-5-2-9(16)6-12(14)18)15(21)19-13-4-3-10(20(22)23)7-11(13)17/h2-8H,1H3,(H,19,21)/t8-/m0/s1. The molecule has 0 aliphatic carbocycles. The fourth-order valence-electron chi connectivity index (χ4n) is 1.77. The van der Waals surface area contributed by atoms with E-state index in [9.17, 15) is 14.9 Å². The van der Waals surface area contributed by atoms with Gasteiger partial charge >= 0.3 is 0 Å². The van der Waals surface area contributed by atoms with Crippen molar-refractivity contribution in [2.24, 2.45) is 0 Å². The number of anilines is 1. The van der Waals surface area contributed by atoms with Gasteiger partial charge in [-0.25, -0.2) is 0 Å². The molecule has 6 nitrogen and oxygen atoms in total. The van der Waals surface area contributed by atoms with E-state index in [1.54, 1.807) is 12.1 Å². The zero-order chi connectivity index (χ0) is 17.9. The number of nitrogens with zero attached hydrogens (tertiary/aromatic N) is 1. The van der Waals surface area contributed by atoms with Gasteiger partial charge in [0.25, 0.3) is 11.6 Å². The van der Waals surface area contributed by atoms with Gasteiger partial charge in [0.05, 0.1) is 20.7 Å². The smallest absolute Gasteiger partial charge is 0.271 e.